The Morgan fingerprint density at radius 3 is 2.74 bits per heavy atom. The summed E-state index contributed by atoms with van der Waals surface area (Å²) in [5, 5.41) is 2.74. The number of anilines is 1. The van der Waals surface area contributed by atoms with Crippen molar-refractivity contribution in [1.29, 1.82) is 0 Å². The first kappa shape index (κ1) is 15.0. The van der Waals surface area contributed by atoms with Gasteiger partial charge in [0.2, 0.25) is 0 Å². The molecule has 4 nitrogen and oxygen atoms in total. The number of nitrogens with zero attached hydrogens (tertiary/aromatic N) is 1. The van der Waals surface area contributed by atoms with Gasteiger partial charge in [-0.3, -0.25) is 4.79 Å². The van der Waals surface area contributed by atoms with Crippen LogP contribution >= 0.6 is 0 Å². The van der Waals surface area contributed by atoms with Crippen LogP contribution in [0.2, 0.25) is 0 Å². The minimum atomic E-state index is -0.398. The number of amides is 1. The van der Waals surface area contributed by atoms with E-state index in [2.05, 4.69) is 10.3 Å². The van der Waals surface area contributed by atoms with E-state index >= 15 is 0 Å². The molecule has 3 rings (SSSR count). The maximum atomic E-state index is 13.1. The van der Waals surface area contributed by atoms with E-state index in [0.717, 1.165) is 11.1 Å². The van der Waals surface area contributed by atoms with Crippen LogP contribution < -0.4 is 5.32 Å². The van der Waals surface area contributed by atoms with Gasteiger partial charge in [0.05, 0.1) is 0 Å². The smallest absolute Gasteiger partial charge is 0.278 e. The molecule has 2 aromatic carbocycles. The molecule has 1 heterocycles. The fraction of sp³-hybridized carbons (Fsp3) is 0.111. The molecule has 0 unspecified atom stereocenters. The number of aromatic nitrogens is 1. The van der Waals surface area contributed by atoms with Crippen molar-refractivity contribution in [2.75, 3.05) is 5.32 Å². The highest BCUT2D eigenvalue weighted by Gasteiger charge is 2.19. The highest BCUT2D eigenvalue weighted by Crippen LogP contribution is 2.25. The Bertz CT molecular complexity index is 871. The molecule has 0 fully saturated rings. The molecule has 1 N–H and O–H groups in total. The number of oxazole rings is 1. The number of rotatable bonds is 3. The summed E-state index contributed by atoms with van der Waals surface area (Å²) in [6.45, 7) is 3.68. The van der Waals surface area contributed by atoms with Crippen molar-refractivity contribution in [3.8, 4) is 11.3 Å². The lowest BCUT2D eigenvalue weighted by atomic mass is 10.1. The van der Waals surface area contributed by atoms with Crippen LogP contribution in [-0.4, -0.2) is 10.9 Å². The average molecular weight is 310 g/mol. The van der Waals surface area contributed by atoms with Gasteiger partial charge in [0, 0.05) is 11.3 Å². The van der Waals surface area contributed by atoms with Gasteiger partial charge in [-0.1, -0.05) is 23.8 Å². The molecule has 5 heteroatoms. The molecule has 0 spiro atoms. The molecule has 0 aliphatic heterocycles. The summed E-state index contributed by atoms with van der Waals surface area (Å²) in [6.07, 6.45) is 1.24. The van der Waals surface area contributed by atoms with Gasteiger partial charge < -0.3 is 9.73 Å². The third-order valence-corrected chi connectivity index (χ3v) is 3.50. The number of hydrogen-bond donors (Lipinski definition) is 1. The van der Waals surface area contributed by atoms with E-state index in [1.54, 1.807) is 6.92 Å². The summed E-state index contributed by atoms with van der Waals surface area (Å²) >= 11 is 0. The molecule has 1 aromatic heterocycles. The van der Waals surface area contributed by atoms with E-state index in [0.29, 0.717) is 17.0 Å². The lowest BCUT2D eigenvalue weighted by molar-refractivity contribution is 0.102. The summed E-state index contributed by atoms with van der Waals surface area (Å²) in [5.41, 5.74) is 3.20. The van der Waals surface area contributed by atoms with Gasteiger partial charge in [-0.15, -0.1) is 0 Å². The fourth-order valence-corrected chi connectivity index (χ4v) is 2.35. The summed E-state index contributed by atoms with van der Waals surface area (Å²) in [5.74, 6) is -0.335. The number of carbonyl (C=O) groups is 1. The zero-order valence-corrected chi connectivity index (χ0v) is 12.8. The van der Waals surface area contributed by atoms with E-state index in [1.165, 1.54) is 24.6 Å². The van der Waals surface area contributed by atoms with Gasteiger partial charge in [-0.25, -0.2) is 9.37 Å². The minimum absolute atomic E-state index is 0.194. The van der Waals surface area contributed by atoms with Crippen molar-refractivity contribution in [2.24, 2.45) is 0 Å². The van der Waals surface area contributed by atoms with Gasteiger partial charge in [0.25, 0.3) is 5.91 Å². The van der Waals surface area contributed by atoms with Gasteiger partial charge >= 0.3 is 0 Å². The molecule has 0 saturated heterocycles. The Morgan fingerprint density at radius 1 is 1.17 bits per heavy atom. The Labute approximate surface area is 133 Å². The summed E-state index contributed by atoms with van der Waals surface area (Å²) in [7, 11) is 0. The second kappa shape index (κ2) is 6.04. The lowest BCUT2D eigenvalue weighted by Crippen LogP contribution is -2.14. The van der Waals surface area contributed by atoms with Gasteiger partial charge in [0.1, 0.15) is 5.82 Å². The maximum absolute atomic E-state index is 13.1. The van der Waals surface area contributed by atoms with Crippen LogP contribution in [-0.2, 0) is 0 Å². The summed E-state index contributed by atoms with van der Waals surface area (Å²) in [4.78, 5) is 16.5. The number of halogens is 1. The predicted octanol–water partition coefficient (Wildman–Crippen LogP) is 4.35. The molecule has 0 radical (unpaired) electrons. The van der Waals surface area contributed by atoms with E-state index in [1.807, 2.05) is 31.2 Å². The summed E-state index contributed by atoms with van der Waals surface area (Å²) in [6, 6.07) is 11.8. The molecule has 1 amide bonds. The molecular formula is C18H15FN2O2. The van der Waals surface area contributed by atoms with Crippen molar-refractivity contribution in [3.63, 3.8) is 0 Å². The maximum Gasteiger partial charge on any atom is 0.278 e. The average Bonchev–Trinajstić information content (AvgIpc) is 2.99. The largest absolute Gasteiger partial charge is 0.443 e. The van der Waals surface area contributed by atoms with Crippen LogP contribution in [0.3, 0.4) is 0 Å². The molecule has 0 bridgehead atoms. The standard InChI is InChI=1S/C18H15FN2O2/c1-11-4-3-5-13(8-11)17-16(20-10-23-17)18(22)21-15-7-6-14(19)9-12(15)2/h3-10H,1-2H3,(H,21,22). The molecule has 23 heavy (non-hydrogen) atoms. The van der Waals surface area contributed by atoms with Crippen molar-refractivity contribution >= 4 is 11.6 Å². The zero-order valence-electron chi connectivity index (χ0n) is 12.8. The number of nitrogens with one attached hydrogen (secondary N) is 1. The Kier molecular flexibility index (Phi) is 3.93. The fourth-order valence-electron chi connectivity index (χ4n) is 2.35. The Balaban J connectivity index is 1.91. The third-order valence-electron chi connectivity index (χ3n) is 3.50. The van der Waals surface area contributed by atoms with Crippen molar-refractivity contribution in [1.82, 2.24) is 4.98 Å². The van der Waals surface area contributed by atoms with Crippen LogP contribution in [0.1, 0.15) is 21.6 Å². The van der Waals surface area contributed by atoms with Crippen molar-refractivity contribution in [3.05, 3.63) is 71.5 Å². The first-order valence-corrected chi connectivity index (χ1v) is 7.12. The van der Waals surface area contributed by atoms with Gasteiger partial charge in [0.15, 0.2) is 17.8 Å². The van der Waals surface area contributed by atoms with Crippen molar-refractivity contribution < 1.29 is 13.6 Å². The zero-order chi connectivity index (χ0) is 16.4. The van der Waals surface area contributed by atoms with Crippen LogP contribution in [0.5, 0.6) is 0 Å². The highest BCUT2D eigenvalue weighted by atomic mass is 19.1. The number of benzene rings is 2. The van der Waals surface area contributed by atoms with E-state index in [-0.39, 0.29) is 11.5 Å². The van der Waals surface area contributed by atoms with Crippen molar-refractivity contribution in [2.45, 2.75) is 13.8 Å². The quantitative estimate of drug-likeness (QED) is 0.782. The number of aryl methyl sites for hydroxylation is 2. The predicted molar refractivity (Wildman–Crippen MR) is 85.8 cm³/mol. The number of carbonyl (C=O) groups excluding carboxylic acids is 1. The first-order chi connectivity index (χ1) is 11.0. The Morgan fingerprint density at radius 2 is 2.00 bits per heavy atom. The topological polar surface area (TPSA) is 55.1 Å². The van der Waals surface area contributed by atoms with Crippen LogP contribution in [0, 0.1) is 19.7 Å². The lowest BCUT2D eigenvalue weighted by Gasteiger charge is -2.08. The molecular weight excluding hydrogens is 295 g/mol. The molecule has 0 saturated carbocycles. The van der Waals surface area contributed by atoms with E-state index in [9.17, 15) is 9.18 Å². The minimum Gasteiger partial charge on any atom is -0.443 e. The molecule has 0 aliphatic carbocycles. The van der Waals surface area contributed by atoms with Crippen LogP contribution in [0.15, 0.2) is 53.3 Å². The molecule has 3 aromatic rings. The van der Waals surface area contributed by atoms with E-state index < -0.39 is 5.91 Å². The molecule has 116 valence electrons. The van der Waals surface area contributed by atoms with Gasteiger partial charge in [-0.2, -0.15) is 0 Å². The third kappa shape index (κ3) is 3.13. The monoisotopic (exact) mass is 310 g/mol. The summed E-state index contributed by atoms with van der Waals surface area (Å²) < 4.78 is 18.5. The van der Waals surface area contributed by atoms with Crippen LogP contribution in [0.4, 0.5) is 10.1 Å². The molecule has 0 atom stereocenters. The highest BCUT2D eigenvalue weighted by molar-refractivity contribution is 6.06. The second-order valence-corrected chi connectivity index (χ2v) is 5.31. The normalized spacial score (nSPS) is 10.6. The van der Waals surface area contributed by atoms with Crippen LogP contribution in [0.25, 0.3) is 11.3 Å². The Hall–Kier alpha value is -2.95. The molecule has 0 aliphatic rings. The SMILES string of the molecule is Cc1cccc(-c2ocnc2C(=O)Nc2ccc(F)cc2C)c1. The van der Waals surface area contributed by atoms with E-state index in [4.69, 9.17) is 4.42 Å². The van der Waals surface area contributed by atoms with Gasteiger partial charge in [-0.05, 0) is 43.7 Å². The second-order valence-electron chi connectivity index (χ2n) is 5.31. The first-order valence-electron chi connectivity index (χ1n) is 7.12. The number of hydrogen-bond acceptors (Lipinski definition) is 3.